The molecule has 1 amide bonds. The largest absolute Gasteiger partial charge is 0.352 e. The third-order valence-electron chi connectivity index (χ3n) is 4.16. The van der Waals surface area contributed by atoms with Crippen LogP contribution >= 0.6 is 23.2 Å². The quantitative estimate of drug-likeness (QED) is 0.637. The van der Waals surface area contributed by atoms with E-state index in [1.165, 1.54) is 30.3 Å². The maximum Gasteiger partial charge on any atom is 0.264 e. The van der Waals surface area contributed by atoms with E-state index < -0.39 is 15.9 Å². The monoisotopic (exact) mass is 442 g/mol. The molecule has 2 rings (SSSR count). The van der Waals surface area contributed by atoms with Crippen LogP contribution in [0.1, 0.15) is 32.3 Å². The number of carbonyl (C=O) groups excluding carboxylic acids is 1. The molecule has 2 aromatic rings. The molecule has 0 spiro atoms. The Labute approximate surface area is 176 Å². The van der Waals surface area contributed by atoms with Gasteiger partial charge in [-0.05, 0) is 50.6 Å². The van der Waals surface area contributed by atoms with Crippen molar-refractivity contribution in [1.29, 1.82) is 0 Å². The Balaban J connectivity index is 2.43. The van der Waals surface area contributed by atoms with Crippen LogP contribution in [0.15, 0.2) is 47.4 Å². The van der Waals surface area contributed by atoms with Crippen molar-refractivity contribution in [1.82, 2.24) is 5.32 Å². The van der Waals surface area contributed by atoms with Crippen molar-refractivity contribution < 1.29 is 13.2 Å². The second-order valence-corrected chi connectivity index (χ2v) is 9.44. The highest BCUT2D eigenvalue weighted by Gasteiger charge is 2.28. The zero-order chi connectivity index (χ0) is 20.9. The van der Waals surface area contributed by atoms with E-state index in [-0.39, 0.29) is 33.2 Å². The molecule has 0 heterocycles. The topological polar surface area (TPSA) is 66.5 Å². The molecule has 0 aliphatic rings. The fourth-order valence-corrected chi connectivity index (χ4v) is 4.71. The first-order valence-corrected chi connectivity index (χ1v) is 11.2. The Morgan fingerprint density at radius 2 is 1.68 bits per heavy atom. The Kier molecular flexibility index (Phi) is 7.75. The van der Waals surface area contributed by atoms with Crippen LogP contribution in [0.5, 0.6) is 0 Å². The molecule has 1 N–H and O–H groups in total. The first-order chi connectivity index (χ1) is 13.1. The molecule has 0 radical (unpaired) electrons. The van der Waals surface area contributed by atoms with E-state index in [9.17, 15) is 13.2 Å². The molecule has 2 aromatic carbocycles. The average molecular weight is 443 g/mol. The molecule has 28 heavy (non-hydrogen) atoms. The summed E-state index contributed by atoms with van der Waals surface area (Å²) in [6.45, 7) is 5.40. The van der Waals surface area contributed by atoms with Crippen molar-refractivity contribution in [2.45, 2.75) is 44.6 Å². The van der Waals surface area contributed by atoms with Crippen LogP contribution in [0.2, 0.25) is 10.0 Å². The fraction of sp³-hybridized carbons (Fsp3) is 0.350. The molecule has 0 saturated carbocycles. The van der Waals surface area contributed by atoms with Crippen LogP contribution in [-0.2, 0) is 14.8 Å². The number of halogens is 2. The first kappa shape index (κ1) is 22.5. The maximum atomic E-state index is 13.3. The van der Waals surface area contributed by atoms with Gasteiger partial charge in [-0.15, -0.1) is 0 Å². The predicted molar refractivity (Wildman–Crippen MR) is 115 cm³/mol. The summed E-state index contributed by atoms with van der Waals surface area (Å²) in [6, 6.07) is 10.8. The van der Waals surface area contributed by atoms with Gasteiger partial charge in [0.1, 0.15) is 6.54 Å². The van der Waals surface area contributed by atoms with E-state index in [1.54, 1.807) is 12.1 Å². The number of rotatable bonds is 8. The van der Waals surface area contributed by atoms with Crippen molar-refractivity contribution in [2.75, 3.05) is 10.8 Å². The summed E-state index contributed by atoms with van der Waals surface area (Å²) in [7, 11) is -3.99. The molecule has 1 atom stereocenters. The number of nitrogens with one attached hydrogen (secondary N) is 1. The minimum Gasteiger partial charge on any atom is -0.352 e. The number of hydrogen-bond acceptors (Lipinski definition) is 3. The number of nitrogens with zero attached hydrogens (tertiary/aromatic N) is 1. The lowest BCUT2D eigenvalue weighted by molar-refractivity contribution is -0.120. The third kappa shape index (κ3) is 5.87. The molecule has 8 heteroatoms. The third-order valence-corrected chi connectivity index (χ3v) is 6.39. The second kappa shape index (κ2) is 9.63. The number of amides is 1. The molecule has 0 bridgehead atoms. The Morgan fingerprint density at radius 3 is 2.21 bits per heavy atom. The van der Waals surface area contributed by atoms with Crippen LogP contribution in [0.3, 0.4) is 0 Å². The maximum absolute atomic E-state index is 13.3. The summed E-state index contributed by atoms with van der Waals surface area (Å²) in [5.41, 5.74) is 1.17. The minimum absolute atomic E-state index is 0.0515. The smallest absolute Gasteiger partial charge is 0.264 e. The molecule has 0 fully saturated rings. The molecule has 0 aliphatic carbocycles. The van der Waals surface area contributed by atoms with E-state index >= 15 is 0 Å². The molecule has 0 unspecified atom stereocenters. The van der Waals surface area contributed by atoms with Gasteiger partial charge in [0.2, 0.25) is 5.91 Å². The van der Waals surface area contributed by atoms with Gasteiger partial charge in [-0.3, -0.25) is 9.10 Å². The highest BCUT2D eigenvalue weighted by atomic mass is 35.5. The molecular weight excluding hydrogens is 419 g/mol. The molecular formula is C20H24Cl2N2O3S. The van der Waals surface area contributed by atoms with Crippen LogP contribution in [0, 0.1) is 6.92 Å². The minimum atomic E-state index is -3.99. The van der Waals surface area contributed by atoms with Crippen LogP contribution in [0.25, 0.3) is 0 Å². The van der Waals surface area contributed by atoms with Gasteiger partial charge in [0.25, 0.3) is 10.0 Å². The van der Waals surface area contributed by atoms with E-state index in [1.807, 2.05) is 20.8 Å². The van der Waals surface area contributed by atoms with Gasteiger partial charge in [-0.25, -0.2) is 8.42 Å². The molecule has 5 nitrogen and oxygen atoms in total. The van der Waals surface area contributed by atoms with Crippen molar-refractivity contribution in [3.63, 3.8) is 0 Å². The van der Waals surface area contributed by atoms with Crippen LogP contribution < -0.4 is 9.62 Å². The van der Waals surface area contributed by atoms with Gasteiger partial charge < -0.3 is 5.32 Å². The summed E-state index contributed by atoms with van der Waals surface area (Å²) < 4.78 is 27.6. The van der Waals surface area contributed by atoms with Gasteiger partial charge in [0.15, 0.2) is 0 Å². The SMILES string of the molecule is CCC[C@H](C)NC(=O)CN(c1cc(Cl)cc(Cl)c1)S(=O)(=O)c1ccc(C)cc1. The summed E-state index contributed by atoms with van der Waals surface area (Å²) in [5.74, 6) is -0.396. The summed E-state index contributed by atoms with van der Waals surface area (Å²) in [4.78, 5) is 12.6. The molecule has 0 saturated heterocycles. The van der Waals surface area contributed by atoms with Gasteiger partial charge in [0.05, 0.1) is 10.6 Å². The lowest BCUT2D eigenvalue weighted by Gasteiger charge is -2.25. The first-order valence-electron chi connectivity index (χ1n) is 8.98. The Hall–Kier alpha value is -1.76. The zero-order valence-electron chi connectivity index (χ0n) is 16.1. The van der Waals surface area contributed by atoms with Crippen LogP contribution in [-0.4, -0.2) is 26.9 Å². The lowest BCUT2D eigenvalue weighted by Crippen LogP contribution is -2.43. The highest BCUT2D eigenvalue weighted by molar-refractivity contribution is 7.92. The van der Waals surface area contributed by atoms with Crippen molar-refractivity contribution in [2.24, 2.45) is 0 Å². The molecule has 152 valence electrons. The standard InChI is InChI=1S/C20H24Cl2N2O3S/c1-4-5-15(3)23-20(25)13-24(18-11-16(21)10-17(22)12-18)28(26,27)19-8-6-14(2)7-9-19/h6-12,15H,4-5,13H2,1-3H3,(H,23,25)/t15-/m0/s1. The second-order valence-electron chi connectivity index (χ2n) is 6.71. The zero-order valence-corrected chi connectivity index (χ0v) is 18.4. The molecule has 0 aliphatic heterocycles. The van der Waals surface area contributed by atoms with Gasteiger partial charge in [-0.2, -0.15) is 0 Å². The number of sulfonamides is 1. The Morgan fingerprint density at radius 1 is 1.11 bits per heavy atom. The number of hydrogen-bond donors (Lipinski definition) is 1. The number of aryl methyl sites for hydroxylation is 1. The normalized spacial score (nSPS) is 12.5. The predicted octanol–water partition coefficient (Wildman–Crippen LogP) is 4.80. The lowest BCUT2D eigenvalue weighted by atomic mass is 10.2. The van der Waals surface area contributed by atoms with E-state index in [0.29, 0.717) is 0 Å². The van der Waals surface area contributed by atoms with E-state index in [2.05, 4.69) is 5.32 Å². The van der Waals surface area contributed by atoms with Crippen molar-refractivity contribution in [3.8, 4) is 0 Å². The number of benzene rings is 2. The number of anilines is 1. The average Bonchev–Trinajstić information content (AvgIpc) is 2.59. The van der Waals surface area contributed by atoms with Gasteiger partial charge in [0, 0.05) is 16.1 Å². The molecule has 0 aromatic heterocycles. The summed E-state index contributed by atoms with van der Waals surface area (Å²) >= 11 is 12.1. The van der Waals surface area contributed by atoms with Gasteiger partial charge in [-0.1, -0.05) is 54.2 Å². The summed E-state index contributed by atoms with van der Waals surface area (Å²) in [6.07, 6.45) is 1.72. The van der Waals surface area contributed by atoms with Crippen LogP contribution in [0.4, 0.5) is 5.69 Å². The fourth-order valence-electron chi connectivity index (χ4n) is 2.79. The van der Waals surface area contributed by atoms with Crippen molar-refractivity contribution in [3.05, 3.63) is 58.1 Å². The Bertz CT molecular complexity index is 911. The highest BCUT2D eigenvalue weighted by Crippen LogP contribution is 2.29. The number of carbonyl (C=O) groups is 1. The van der Waals surface area contributed by atoms with E-state index in [0.717, 1.165) is 22.7 Å². The van der Waals surface area contributed by atoms with E-state index in [4.69, 9.17) is 23.2 Å². The van der Waals surface area contributed by atoms with Gasteiger partial charge >= 0.3 is 0 Å². The summed E-state index contributed by atoms with van der Waals surface area (Å²) in [5, 5.41) is 3.40. The van der Waals surface area contributed by atoms with Crippen molar-refractivity contribution >= 4 is 44.8 Å².